The van der Waals surface area contributed by atoms with Gasteiger partial charge in [0.2, 0.25) is 0 Å². The van der Waals surface area contributed by atoms with Crippen molar-refractivity contribution in [3.8, 4) is 0 Å². The molecule has 0 heterocycles. The van der Waals surface area contributed by atoms with E-state index in [1.165, 1.54) is 5.56 Å². The van der Waals surface area contributed by atoms with Crippen molar-refractivity contribution in [3.05, 3.63) is 29.8 Å². The topological polar surface area (TPSA) is 61.4 Å². The number of nitrogens with one attached hydrogen (secondary N) is 2. The largest absolute Gasteiger partial charge is 0.465 e. The number of amides is 1. The van der Waals surface area contributed by atoms with Crippen molar-refractivity contribution in [2.75, 3.05) is 5.32 Å². The monoisotopic (exact) mass is 276 g/mol. The van der Waals surface area contributed by atoms with Gasteiger partial charge in [0.25, 0.3) is 0 Å². The lowest BCUT2D eigenvalue weighted by Crippen LogP contribution is -2.49. The molecule has 4 heteroatoms. The van der Waals surface area contributed by atoms with Crippen LogP contribution in [0.1, 0.15) is 45.6 Å². The Bertz CT molecular complexity index is 462. The van der Waals surface area contributed by atoms with Crippen LogP contribution in [0.2, 0.25) is 0 Å². The molecule has 1 aromatic rings. The highest BCUT2D eigenvalue weighted by molar-refractivity contribution is 5.65. The lowest BCUT2D eigenvalue weighted by atomic mass is 9.82. The molecule has 2 rings (SSSR count). The van der Waals surface area contributed by atoms with Crippen LogP contribution in [0.5, 0.6) is 0 Å². The zero-order valence-corrected chi connectivity index (χ0v) is 12.4. The second kappa shape index (κ2) is 5.73. The van der Waals surface area contributed by atoms with E-state index in [0.717, 1.165) is 24.9 Å². The van der Waals surface area contributed by atoms with Gasteiger partial charge in [0, 0.05) is 17.8 Å². The first-order chi connectivity index (χ1) is 9.40. The highest BCUT2D eigenvalue weighted by Gasteiger charge is 2.30. The first kappa shape index (κ1) is 14.7. The van der Waals surface area contributed by atoms with Crippen LogP contribution in [0.25, 0.3) is 0 Å². The van der Waals surface area contributed by atoms with Gasteiger partial charge in [0.1, 0.15) is 0 Å². The first-order valence-electron chi connectivity index (χ1n) is 7.27. The van der Waals surface area contributed by atoms with Crippen molar-refractivity contribution in [1.29, 1.82) is 0 Å². The van der Waals surface area contributed by atoms with Crippen LogP contribution < -0.4 is 10.6 Å². The first-order valence-corrected chi connectivity index (χ1v) is 7.27. The summed E-state index contributed by atoms with van der Waals surface area (Å²) in [6.07, 6.45) is 1.90. The van der Waals surface area contributed by atoms with E-state index in [9.17, 15) is 4.79 Å². The minimum Gasteiger partial charge on any atom is -0.465 e. The summed E-state index contributed by atoms with van der Waals surface area (Å²) < 4.78 is 0. The van der Waals surface area contributed by atoms with E-state index in [1.807, 2.05) is 0 Å². The Morgan fingerprint density at radius 3 is 2.35 bits per heavy atom. The molecule has 0 atom stereocenters. The van der Waals surface area contributed by atoms with Gasteiger partial charge in [-0.2, -0.15) is 0 Å². The molecule has 0 radical (unpaired) electrons. The molecule has 0 saturated heterocycles. The second-order valence-electron chi connectivity index (χ2n) is 6.27. The smallest absolute Gasteiger partial charge is 0.404 e. The lowest BCUT2D eigenvalue weighted by Gasteiger charge is -2.36. The predicted octanol–water partition coefficient (Wildman–Crippen LogP) is 3.58. The molecule has 20 heavy (non-hydrogen) atoms. The summed E-state index contributed by atoms with van der Waals surface area (Å²) in [5.74, 6) is 0. The van der Waals surface area contributed by atoms with Crippen molar-refractivity contribution in [3.63, 3.8) is 0 Å². The number of hydrogen-bond donors (Lipinski definition) is 3. The van der Waals surface area contributed by atoms with Gasteiger partial charge in [-0.1, -0.05) is 32.9 Å². The highest BCUT2D eigenvalue weighted by atomic mass is 16.4. The van der Waals surface area contributed by atoms with Gasteiger partial charge in [0.15, 0.2) is 0 Å². The molecule has 1 aromatic carbocycles. The van der Waals surface area contributed by atoms with Crippen LogP contribution in [0, 0.1) is 0 Å². The summed E-state index contributed by atoms with van der Waals surface area (Å²) in [6, 6.07) is 9.06. The van der Waals surface area contributed by atoms with Gasteiger partial charge in [-0.05, 0) is 42.4 Å². The predicted molar refractivity (Wildman–Crippen MR) is 81.4 cm³/mol. The molecule has 1 saturated carbocycles. The lowest BCUT2D eigenvalue weighted by molar-refractivity contribution is 0.180. The molecular weight excluding hydrogens is 252 g/mol. The molecule has 4 nitrogen and oxygen atoms in total. The van der Waals surface area contributed by atoms with Crippen LogP contribution in [-0.4, -0.2) is 23.3 Å². The van der Waals surface area contributed by atoms with Crippen LogP contribution in [0.4, 0.5) is 10.5 Å². The zero-order chi connectivity index (χ0) is 14.8. The van der Waals surface area contributed by atoms with Gasteiger partial charge < -0.3 is 15.7 Å². The highest BCUT2D eigenvalue weighted by Crippen LogP contribution is 2.29. The summed E-state index contributed by atoms with van der Waals surface area (Å²) in [5.41, 5.74) is 2.68. The van der Waals surface area contributed by atoms with Crippen molar-refractivity contribution in [1.82, 2.24) is 5.32 Å². The molecule has 1 aliphatic carbocycles. The van der Waals surface area contributed by atoms with Crippen molar-refractivity contribution < 1.29 is 9.90 Å². The molecule has 1 amide bonds. The van der Waals surface area contributed by atoms with Gasteiger partial charge in [-0.15, -0.1) is 0 Å². The fourth-order valence-corrected chi connectivity index (χ4v) is 2.49. The van der Waals surface area contributed by atoms with Gasteiger partial charge in [-0.3, -0.25) is 0 Å². The Morgan fingerprint density at radius 1 is 1.25 bits per heavy atom. The van der Waals surface area contributed by atoms with E-state index in [-0.39, 0.29) is 11.5 Å². The van der Waals surface area contributed by atoms with E-state index in [1.54, 1.807) is 0 Å². The molecule has 1 aliphatic rings. The van der Waals surface area contributed by atoms with E-state index in [4.69, 9.17) is 5.11 Å². The maximum absolute atomic E-state index is 10.5. The normalized spacial score (nSPS) is 21.9. The van der Waals surface area contributed by atoms with Gasteiger partial charge in [0.05, 0.1) is 0 Å². The third-order valence-electron chi connectivity index (χ3n) is 4.39. The Kier molecular flexibility index (Phi) is 4.21. The summed E-state index contributed by atoms with van der Waals surface area (Å²) >= 11 is 0. The Balaban J connectivity index is 1.85. The molecule has 0 bridgehead atoms. The van der Waals surface area contributed by atoms with Crippen LogP contribution >= 0.6 is 0 Å². The Labute approximate surface area is 120 Å². The van der Waals surface area contributed by atoms with Crippen LogP contribution in [0.3, 0.4) is 0 Å². The number of carbonyl (C=O) groups is 1. The minimum atomic E-state index is -0.931. The molecule has 1 fully saturated rings. The second-order valence-corrected chi connectivity index (χ2v) is 6.27. The van der Waals surface area contributed by atoms with Crippen molar-refractivity contribution in [2.24, 2.45) is 0 Å². The average Bonchev–Trinajstić information content (AvgIpc) is 2.36. The number of anilines is 1. The van der Waals surface area contributed by atoms with Gasteiger partial charge >= 0.3 is 6.09 Å². The maximum Gasteiger partial charge on any atom is 0.404 e. The quantitative estimate of drug-likeness (QED) is 0.770. The van der Waals surface area contributed by atoms with Crippen molar-refractivity contribution >= 4 is 11.8 Å². The third kappa shape index (κ3) is 3.44. The van der Waals surface area contributed by atoms with Crippen molar-refractivity contribution in [2.45, 2.75) is 57.5 Å². The molecular formula is C16H24N2O2. The summed E-state index contributed by atoms with van der Waals surface area (Å²) in [4.78, 5) is 10.5. The van der Waals surface area contributed by atoms with Gasteiger partial charge in [-0.25, -0.2) is 4.79 Å². The Hall–Kier alpha value is -1.71. The van der Waals surface area contributed by atoms with E-state index in [0.29, 0.717) is 6.04 Å². The summed E-state index contributed by atoms with van der Waals surface area (Å²) in [7, 11) is 0. The fraction of sp³-hybridized carbons (Fsp3) is 0.562. The summed E-state index contributed by atoms with van der Waals surface area (Å²) in [6.45, 7) is 6.71. The number of hydrogen-bond acceptors (Lipinski definition) is 2. The molecule has 0 aliphatic heterocycles. The standard InChI is InChI=1S/C16H24N2O2/c1-4-16(2,3)11-5-7-12(8-6-11)17-13-9-14(10-13)18-15(19)20/h5-8,13-14,17-18H,4,9-10H2,1-3H3,(H,19,20). The average molecular weight is 276 g/mol. The van der Waals surface area contributed by atoms with Crippen LogP contribution in [0.15, 0.2) is 24.3 Å². The molecule has 0 unspecified atom stereocenters. The number of benzene rings is 1. The van der Waals surface area contributed by atoms with Crippen LogP contribution in [-0.2, 0) is 5.41 Å². The summed E-state index contributed by atoms with van der Waals surface area (Å²) in [5, 5.41) is 14.6. The maximum atomic E-state index is 10.5. The molecule has 0 aromatic heterocycles. The Morgan fingerprint density at radius 2 is 1.85 bits per heavy atom. The van der Waals surface area contributed by atoms with E-state index < -0.39 is 6.09 Å². The zero-order valence-electron chi connectivity index (χ0n) is 12.4. The van der Waals surface area contributed by atoms with E-state index in [2.05, 4.69) is 55.7 Å². The number of carboxylic acid groups (broad SMARTS) is 1. The SMILES string of the molecule is CCC(C)(C)c1ccc(NC2CC(NC(=O)O)C2)cc1. The fourth-order valence-electron chi connectivity index (χ4n) is 2.49. The number of rotatable bonds is 5. The minimum absolute atomic E-state index is 0.100. The molecule has 0 spiro atoms. The molecule has 3 N–H and O–H groups in total. The van der Waals surface area contributed by atoms with E-state index >= 15 is 0 Å². The molecule has 110 valence electrons. The third-order valence-corrected chi connectivity index (χ3v) is 4.39.